The van der Waals surface area contributed by atoms with E-state index in [1.165, 1.54) is 11.8 Å². The second kappa shape index (κ2) is 9.92. The number of aromatic nitrogens is 5. The van der Waals surface area contributed by atoms with Gasteiger partial charge in [0.05, 0.1) is 25.5 Å². The van der Waals surface area contributed by atoms with E-state index in [0.717, 1.165) is 38.0 Å². The van der Waals surface area contributed by atoms with E-state index in [2.05, 4.69) is 15.3 Å². The number of hydrogen-bond donors (Lipinski definition) is 0. The minimum absolute atomic E-state index is 0.152. The second-order valence-corrected chi connectivity index (χ2v) is 7.41. The van der Waals surface area contributed by atoms with E-state index in [1.54, 1.807) is 7.11 Å². The monoisotopic (exact) mass is 408 g/mol. The number of methoxy groups -OCH3 is 1. The summed E-state index contributed by atoms with van der Waals surface area (Å²) in [5.41, 5.74) is 0.796. The van der Waals surface area contributed by atoms with E-state index in [9.17, 15) is 4.79 Å². The molecule has 0 spiro atoms. The normalized spacial score (nSPS) is 14.0. The minimum atomic E-state index is 0.152. The lowest BCUT2D eigenvalue weighted by Crippen LogP contribution is -2.29. The summed E-state index contributed by atoms with van der Waals surface area (Å²) in [5, 5.41) is 13.9. The summed E-state index contributed by atoms with van der Waals surface area (Å²) in [5.74, 6) is 1.73. The molecule has 0 aliphatic carbocycles. The van der Waals surface area contributed by atoms with Gasteiger partial charge >= 0.3 is 0 Å². The smallest absolute Gasteiger partial charge is 0.243 e. The zero-order chi connectivity index (χ0) is 19.9. The number of amides is 1. The predicted molar refractivity (Wildman–Crippen MR) is 107 cm³/mol. The van der Waals surface area contributed by atoms with Crippen molar-refractivity contribution in [2.75, 3.05) is 39.2 Å². The maximum atomic E-state index is 12.4. The molecule has 3 rings (SSSR count). The fourth-order valence-corrected chi connectivity index (χ4v) is 3.99. The topological polar surface area (TPSA) is 87.3 Å². The molecule has 3 heterocycles. The SMILES string of the molecule is CCOc1nn(CC)cc1-c1nnc(SCC(=O)N2CCCC2)n1CCOC. The molecule has 1 amide bonds. The first-order valence-corrected chi connectivity index (χ1v) is 10.7. The molecule has 2 aromatic rings. The van der Waals surface area contributed by atoms with Gasteiger partial charge in [0.25, 0.3) is 0 Å². The highest BCUT2D eigenvalue weighted by Crippen LogP contribution is 2.30. The number of aryl methyl sites for hydroxylation is 1. The number of hydrogen-bond acceptors (Lipinski definition) is 7. The van der Waals surface area contributed by atoms with Crippen molar-refractivity contribution in [1.82, 2.24) is 29.4 Å². The zero-order valence-corrected chi connectivity index (χ0v) is 17.6. The van der Waals surface area contributed by atoms with Gasteiger partial charge in [0.2, 0.25) is 11.8 Å². The average molecular weight is 409 g/mol. The third-order valence-corrected chi connectivity index (χ3v) is 5.54. The van der Waals surface area contributed by atoms with Crippen molar-refractivity contribution in [3.63, 3.8) is 0 Å². The van der Waals surface area contributed by atoms with Crippen LogP contribution < -0.4 is 4.74 Å². The van der Waals surface area contributed by atoms with Gasteiger partial charge in [-0.15, -0.1) is 15.3 Å². The van der Waals surface area contributed by atoms with Crippen LogP contribution in [0.4, 0.5) is 0 Å². The lowest BCUT2D eigenvalue weighted by atomic mass is 10.3. The van der Waals surface area contributed by atoms with Crippen molar-refractivity contribution in [3.05, 3.63) is 6.20 Å². The summed E-state index contributed by atoms with van der Waals surface area (Å²) in [4.78, 5) is 14.3. The summed E-state index contributed by atoms with van der Waals surface area (Å²) in [6, 6.07) is 0. The van der Waals surface area contributed by atoms with Gasteiger partial charge in [0.1, 0.15) is 5.56 Å². The quantitative estimate of drug-likeness (QED) is 0.555. The molecule has 0 aromatic carbocycles. The molecular weight excluding hydrogens is 380 g/mol. The molecule has 154 valence electrons. The van der Waals surface area contributed by atoms with E-state index in [0.29, 0.717) is 42.4 Å². The second-order valence-electron chi connectivity index (χ2n) is 6.46. The Morgan fingerprint density at radius 1 is 1.25 bits per heavy atom. The summed E-state index contributed by atoms with van der Waals surface area (Å²) in [6.45, 7) is 8.02. The van der Waals surface area contributed by atoms with Crippen LogP contribution >= 0.6 is 11.8 Å². The van der Waals surface area contributed by atoms with Gasteiger partial charge in [-0.05, 0) is 26.7 Å². The number of rotatable bonds is 10. The van der Waals surface area contributed by atoms with Crippen LogP contribution in [0.5, 0.6) is 5.88 Å². The highest BCUT2D eigenvalue weighted by Gasteiger charge is 2.23. The Hall–Kier alpha value is -2.07. The van der Waals surface area contributed by atoms with E-state index in [-0.39, 0.29) is 5.91 Å². The maximum absolute atomic E-state index is 12.4. The molecule has 28 heavy (non-hydrogen) atoms. The molecule has 0 radical (unpaired) electrons. The molecule has 1 fully saturated rings. The van der Waals surface area contributed by atoms with E-state index >= 15 is 0 Å². The van der Waals surface area contributed by atoms with Crippen molar-refractivity contribution in [3.8, 4) is 17.3 Å². The van der Waals surface area contributed by atoms with Crippen LogP contribution in [0.1, 0.15) is 26.7 Å². The van der Waals surface area contributed by atoms with Gasteiger partial charge in [0, 0.05) is 32.9 Å². The Bertz CT molecular complexity index is 784. The molecule has 0 saturated carbocycles. The van der Waals surface area contributed by atoms with Crippen molar-refractivity contribution < 1.29 is 14.3 Å². The van der Waals surface area contributed by atoms with Crippen LogP contribution in [0, 0.1) is 0 Å². The van der Waals surface area contributed by atoms with E-state index in [1.807, 2.05) is 34.2 Å². The number of carbonyl (C=O) groups excluding carboxylic acids is 1. The Morgan fingerprint density at radius 3 is 2.71 bits per heavy atom. The molecule has 1 aliphatic rings. The van der Waals surface area contributed by atoms with Crippen molar-refractivity contribution in [1.29, 1.82) is 0 Å². The standard InChI is InChI=1S/C18H28N6O3S/c1-4-23-12-14(17(21-23)27-5-2)16-19-20-18(24(16)10-11-26-3)28-13-15(25)22-8-6-7-9-22/h12H,4-11,13H2,1-3H3. The summed E-state index contributed by atoms with van der Waals surface area (Å²) >= 11 is 1.41. The average Bonchev–Trinajstić information content (AvgIpc) is 3.44. The largest absolute Gasteiger partial charge is 0.476 e. The first kappa shape index (κ1) is 20.7. The van der Waals surface area contributed by atoms with E-state index in [4.69, 9.17) is 9.47 Å². The van der Waals surface area contributed by atoms with Crippen molar-refractivity contribution in [2.45, 2.75) is 44.9 Å². The fourth-order valence-electron chi connectivity index (χ4n) is 3.13. The number of ether oxygens (including phenoxy) is 2. The molecule has 1 saturated heterocycles. The van der Waals surface area contributed by atoms with Crippen LogP contribution in [-0.4, -0.2) is 74.5 Å². The van der Waals surface area contributed by atoms with Gasteiger partial charge in [-0.3, -0.25) is 14.0 Å². The van der Waals surface area contributed by atoms with Crippen molar-refractivity contribution >= 4 is 17.7 Å². The third-order valence-electron chi connectivity index (χ3n) is 4.59. The van der Waals surface area contributed by atoms with Crippen LogP contribution in [0.25, 0.3) is 11.4 Å². The highest BCUT2D eigenvalue weighted by atomic mass is 32.2. The number of likely N-dealkylation sites (tertiary alicyclic amines) is 1. The van der Waals surface area contributed by atoms with Crippen LogP contribution in [0.3, 0.4) is 0 Å². The number of carbonyl (C=O) groups is 1. The molecule has 10 heteroatoms. The fraction of sp³-hybridized carbons (Fsp3) is 0.667. The van der Waals surface area contributed by atoms with Gasteiger partial charge in [0.15, 0.2) is 11.0 Å². The van der Waals surface area contributed by atoms with Crippen LogP contribution in [-0.2, 0) is 22.6 Å². The van der Waals surface area contributed by atoms with Gasteiger partial charge in [-0.25, -0.2) is 0 Å². The first-order chi connectivity index (χ1) is 13.7. The molecule has 2 aromatic heterocycles. The number of thioether (sulfide) groups is 1. The molecule has 1 aliphatic heterocycles. The molecule has 9 nitrogen and oxygen atoms in total. The summed E-state index contributed by atoms with van der Waals surface area (Å²) in [7, 11) is 1.66. The predicted octanol–water partition coefficient (Wildman–Crippen LogP) is 1.92. The lowest BCUT2D eigenvalue weighted by Gasteiger charge is -2.15. The van der Waals surface area contributed by atoms with Crippen molar-refractivity contribution in [2.24, 2.45) is 0 Å². The Balaban J connectivity index is 1.83. The van der Waals surface area contributed by atoms with Gasteiger partial charge < -0.3 is 14.4 Å². The molecule has 0 atom stereocenters. The summed E-state index contributed by atoms with van der Waals surface area (Å²) in [6.07, 6.45) is 4.10. The Kier molecular flexibility index (Phi) is 7.32. The van der Waals surface area contributed by atoms with Crippen LogP contribution in [0.15, 0.2) is 11.4 Å². The number of nitrogens with zero attached hydrogens (tertiary/aromatic N) is 6. The molecular formula is C18H28N6O3S. The minimum Gasteiger partial charge on any atom is -0.476 e. The van der Waals surface area contributed by atoms with Crippen LogP contribution in [0.2, 0.25) is 0 Å². The van der Waals surface area contributed by atoms with Gasteiger partial charge in [-0.1, -0.05) is 11.8 Å². The maximum Gasteiger partial charge on any atom is 0.243 e. The van der Waals surface area contributed by atoms with Gasteiger partial charge in [-0.2, -0.15) is 0 Å². The highest BCUT2D eigenvalue weighted by molar-refractivity contribution is 7.99. The third kappa shape index (κ3) is 4.67. The van der Waals surface area contributed by atoms with E-state index < -0.39 is 0 Å². The molecule has 0 N–H and O–H groups in total. The molecule has 0 bridgehead atoms. The molecule has 0 unspecified atom stereocenters. The first-order valence-electron chi connectivity index (χ1n) is 9.71. The zero-order valence-electron chi connectivity index (χ0n) is 16.8. The Labute approximate surface area is 169 Å². The summed E-state index contributed by atoms with van der Waals surface area (Å²) < 4.78 is 14.8. The Morgan fingerprint density at radius 2 is 2.04 bits per heavy atom. The lowest BCUT2D eigenvalue weighted by molar-refractivity contribution is -0.127.